The Morgan fingerprint density at radius 2 is 2.17 bits per heavy atom. The molecule has 0 aromatic rings. The van der Waals surface area contributed by atoms with Crippen LogP contribution in [0.2, 0.25) is 0 Å². The first-order chi connectivity index (χ1) is 10.8. The number of rotatable bonds is 4. The van der Waals surface area contributed by atoms with Gasteiger partial charge >= 0.3 is 5.97 Å². The molecule has 0 saturated carbocycles. The average molecular weight is 339 g/mol. The fourth-order valence-corrected chi connectivity index (χ4v) is 5.11. The summed E-state index contributed by atoms with van der Waals surface area (Å²) in [4.78, 5) is 27.8. The molecule has 1 amide bonds. The van der Waals surface area contributed by atoms with E-state index < -0.39 is 18.0 Å². The van der Waals surface area contributed by atoms with Crippen molar-refractivity contribution in [1.29, 1.82) is 5.41 Å². The summed E-state index contributed by atoms with van der Waals surface area (Å²) in [5, 5.41) is 27.1. The van der Waals surface area contributed by atoms with E-state index in [2.05, 4.69) is 0 Å². The third kappa shape index (κ3) is 2.63. The van der Waals surface area contributed by atoms with Crippen molar-refractivity contribution < 1.29 is 19.8 Å². The molecule has 3 aliphatic rings. The fraction of sp³-hybridized carbons (Fsp3) is 0.667. The zero-order chi connectivity index (χ0) is 16.9. The fourth-order valence-electron chi connectivity index (χ4n) is 3.67. The van der Waals surface area contributed by atoms with E-state index in [9.17, 15) is 19.8 Å². The van der Waals surface area contributed by atoms with Crippen molar-refractivity contribution in [3.8, 4) is 0 Å². The first-order valence-corrected chi connectivity index (χ1v) is 8.63. The van der Waals surface area contributed by atoms with Crippen LogP contribution in [0.1, 0.15) is 26.7 Å². The highest BCUT2D eigenvalue weighted by atomic mass is 32.2. The monoisotopic (exact) mass is 339 g/mol. The number of hydrogen-bond donors (Lipinski definition) is 3. The molecule has 3 rings (SSSR count). The van der Waals surface area contributed by atoms with E-state index in [0.29, 0.717) is 12.3 Å². The number of hydrogen-bond acceptors (Lipinski definition) is 5. The van der Waals surface area contributed by atoms with Crippen LogP contribution in [-0.4, -0.2) is 68.2 Å². The van der Waals surface area contributed by atoms with Crippen molar-refractivity contribution in [1.82, 2.24) is 9.80 Å². The number of carboxylic acid groups (broad SMARTS) is 1. The van der Waals surface area contributed by atoms with Gasteiger partial charge in [0.1, 0.15) is 5.70 Å². The number of β-lactam (4-membered cyclic amide) rings is 1. The second-order valence-corrected chi connectivity index (χ2v) is 7.78. The number of aliphatic hydroxyl groups excluding tert-OH is 1. The lowest BCUT2D eigenvalue weighted by molar-refractivity contribution is -0.161. The van der Waals surface area contributed by atoms with E-state index in [4.69, 9.17) is 5.41 Å². The van der Waals surface area contributed by atoms with Crippen molar-refractivity contribution >= 4 is 29.5 Å². The largest absolute Gasteiger partial charge is 0.477 e. The third-order valence-electron chi connectivity index (χ3n) is 4.82. The molecule has 8 heteroatoms. The van der Waals surface area contributed by atoms with Gasteiger partial charge in [-0.1, -0.05) is 0 Å². The van der Waals surface area contributed by atoms with Gasteiger partial charge in [-0.2, -0.15) is 0 Å². The quantitative estimate of drug-likeness (QED) is 0.396. The Hall–Kier alpha value is -1.54. The molecular formula is C15H21N3O4S. The summed E-state index contributed by atoms with van der Waals surface area (Å²) < 4.78 is 0. The minimum absolute atomic E-state index is 0.0897. The number of aliphatic carboxylic acids is 1. The predicted molar refractivity (Wildman–Crippen MR) is 86.1 cm³/mol. The van der Waals surface area contributed by atoms with Crippen molar-refractivity contribution in [2.75, 3.05) is 13.1 Å². The number of fused-ring (bicyclic) bond motifs is 1. The van der Waals surface area contributed by atoms with Gasteiger partial charge in [0.15, 0.2) is 0 Å². The molecule has 2 unspecified atom stereocenters. The van der Waals surface area contributed by atoms with E-state index in [0.717, 1.165) is 24.4 Å². The Labute approximate surface area is 138 Å². The summed E-state index contributed by atoms with van der Waals surface area (Å²) >= 11 is 1.52. The lowest BCUT2D eigenvalue weighted by Crippen LogP contribution is -2.61. The highest BCUT2D eigenvalue weighted by molar-refractivity contribution is 8.03. The first-order valence-electron chi connectivity index (χ1n) is 7.75. The number of nitrogens with zero attached hydrogens (tertiary/aromatic N) is 2. The minimum Gasteiger partial charge on any atom is -0.477 e. The lowest BCUT2D eigenvalue weighted by Gasteiger charge is -2.44. The first kappa shape index (κ1) is 16.3. The molecule has 0 aromatic heterocycles. The predicted octanol–water partition coefficient (Wildman–Crippen LogP) is 0.699. The Morgan fingerprint density at radius 1 is 1.48 bits per heavy atom. The highest BCUT2D eigenvalue weighted by Gasteiger charge is 2.57. The van der Waals surface area contributed by atoms with Crippen molar-refractivity contribution in [2.45, 2.75) is 44.1 Å². The van der Waals surface area contributed by atoms with Crippen LogP contribution in [0.3, 0.4) is 0 Å². The maximum atomic E-state index is 12.1. The van der Waals surface area contributed by atoms with Gasteiger partial charge in [-0.25, -0.2) is 4.79 Å². The van der Waals surface area contributed by atoms with Crippen LogP contribution in [0.25, 0.3) is 0 Å². The van der Waals surface area contributed by atoms with Gasteiger partial charge in [0.2, 0.25) is 5.91 Å². The molecule has 0 spiro atoms. The van der Waals surface area contributed by atoms with Gasteiger partial charge in [0.05, 0.1) is 23.9 Å². The summed E-state index contributed by atoms with van der Waals surface area (Å²) in [6.45, 7) is 4.87. The molecule has 2 fully saturated rings. The van der Waals surface area contributed by atoms with Gasteiger partial charge in [-0.15, -0.1) is 11.8 Å². The van der Waals surface area contributed by atoms with Crippen LogP contribution in [0.5, 0.6) is 0 Å². The van der Waals surface area contributed by atoms with Crippen LogP contribution in [0.15, 0.2) is 10.6 Å². The Morgan fingerprint density at radius 3 is 2.70 bits per heavy atom. The molecule has 3 aliphatic heterocycles. The van der Waals surface area contributed by atoms with Crippen LogP contribution < -0.4 is 0 Å². The maximum absolute atomic E-state index is 12.1. The van der Waals surface area contributed by atoms with Crippen molar-refractivity contribution in [3.05, 3.63) is 10.6 Å². The molecule has 2 saturated heterocycles. The number of carbonyl (C=O) groups excluding carboxylic acids is 1. The van der Waals surface area contributed by atoms with Crippen molar-refractivity contribution in [2.24, 2.45) is 5.92 Å². The maximum Gasteiger partial charge on any atom is 0.353 e. The van der Waals surface area contributed by atoms with Crippen LogP contribution >= 0.6 is 11.8 Å². The molecule has 3 heterocycles. The number of likely N-dealkylation sites (tertiary alicyclic amines) is 1. The highest BCUT2D eigenvalue weighted by Crippen LogP contribution is 2.48. The van der Waals surface area contributed by atoms with E-state index >= 15 is 0 Å². The Balaban J connectivity index is 1.75. The lowest BCUT2D eigenvalue weighted by atomic mass is 9.83. The second-order valence-electron chi connectivity index (χ2n) is 6.38. The number of amides is 1. The summed E-state index contributed by atoms with van der Waals surface area (Å²) in [6.07, 6.45) is 0.648. The molecule has 0 radical (unpaired) electrons. The summed E-state index contributed by atoms with van der Waals surface area (Å²) in [5.41, 5.74) is 0.0897. The van der Waals surface area contributed by atoms with Crippen LogP contribution in [0, 0.1) is 11.3 Å². The topological polar surface area (TPSA) is 105 Å². The SMILES string of the molecule is CC(=N)N1CCC(SC2=C(C(=O)O)N3C(=O)[C@H](C(C)O)[C@H]3C2)C1. The zero-order valence-electron chi connectivity index (χ0n) is 13.2. The zero-order valence-corrected chi connectivity index (χ0v) is 14.0. The van der Waals surface area contributed by atoms with Crippen LogP contribution in [0.4, 0.5) is 0 Å². The normalized spacial score (nSPS) is 31.3. The Kier molecular flexibility index (Phi) is 4.14. The van der Waals surface area contributed by atoms with Gasteiger partial charge < -0.3 is 20.0 Å². The summed E-state index contributed by atoms with van der Waals surface area (Å²) in [7, 11) is 0. The Bertz CT molecular complexity index is 604. The molecule has 126 valence electrons. The standard InChI is InChI=1S/C15H21N3O4S/c1-7(19)12-10-5-11(13(15(21)22)18(10)14(12)20)23-9-3-4-17(6-9)8(2)16/h7,9-10,12,16,19H,3-6H2,1-2H3,(H,21,22)/t7?,9?,10-,12-/m1/s1. The van der Waals surface area contributed by atoms with E-state index in [1.807, 2.05) is 4.90 Å². The van der Waals surface area contributed by atoms with E-state index in [1.165, 1.54) is 16.7 Å². The molecule has 3 N–H and O–H groups in total. The van der Waals surface area contributed by atoms with Gasteiger partial charge in [0, 0.05) is 29.7 Å². The smallest absolute Gasteiger partial charge is 0.353 e. The average Bonchev–Trinajstić information content (AvgIpc) is 3.02. The molecular weight excluding hydrogens is 318 g/mol. The molecule has 0 aliphatic carbocycles. The van der Waals surface area contributed by atoms with E-state index in [-0.39, 0.29) is 22.9 Å². The van der Waals surface area contributed by atoms with Crippen LogP contribution in [-0.2, 0) is 9.59 Å². The second kappa shape index (κ2) is 5.83. The molecule has 0 bridgehead atoms. The number of thioether (sulfide) groups is 1. The summed E-state index contributed by atoms with van der Waals surface area (Å²) in [5.74, 6) is -1.33. The molecule has 0 aromatic carbocycles. The van der Waals surface area contributed by atoms with Gasteiger partial charge in [-0.05, 0) is 20.3 Å². The number of carbonyl (C=O) groups is 2. The minimum atomic E-state index is -1.08. The van der Waals surface area contributed by atoms with Crippen molar-refractivity contribution in [3.63, 3.8) is 0 Å². The van der Waals surface area contributed by atoms with Gasteiger partial charge in [0.25, 0.3) is 0 Å². The van der Waals surface area contributed by atoms with E-state index in [1.54, 1.807) is 13.8 Å². The molecule has 4 atom stereocenters. The number of nitrogens with one attached hydrogen (secondary N) is 1. The number of aliphatic hydroxyl groups is 1. The third-order valence-corrected chi connectivity index (χ3v) is 6.18. The van der Waals surface area contributed by atoms with Gasteiger partial charge in [-0.3, -0.25) is 10.2 Å². The molecule has 7 nitrogen and oxygen atoms in total. The number of carboxylic acids is 1. The molecule has 23 heavy (non-hydrogen) atoms. The summed E-state index contributed by atoms with van der Waals surface area (Å²) in [6, 6.07) is -0.224. The number of amidine groups is 1.